The lowest BCUT2D eigenvalue weighted by atomic mass is 10.1. The van der Waals surface area contributed by atoms with Gasteiger partial charge in [-0.25, -0.2) is 4.98 Å². The zero-order valence-electron chi connectivity index (χ0n) is 17.4. The third-order valence-electron chi connectivity index (χ3n) is 5.50. The van der Waals surface area contributed by atoms with Gasteiger partial charge in [0.15, 0.2) is 0 Å². The number of methoxy groups -OCH3 is 2. The Balaban J connectivity index is 1.59. The largest absolute Gasteiger partial charge is 0.497 e. The van der Waals surface area contributed by atoms with Crippen LogP contribution in [-0.4, -0.2) is 52.8 Å². The molecule has 0 unspecified atom stereocenters. The Morgan fingerprint density at radius 2 is 2.00 bits per heavy atom. The number of carbonyl (C=O) groups is 1. The number of amides is 1. The van der Waals surface area contributed by atoms with E-state index in [1.165, 1.54) is 0 Å². The first-order chi connectivity index (χ1) is 14.6. The van der Waals surface area contributed by atoms with Gasteiger partial charge in [0.25, 0.3) is 0 Å². The molecule has 0 spiro atoms. The maximum absolute atomic E-state index is 13.3. The number of benzene rings is 2. The Bertz CT molecular complexity index is 1040. The molecule has 1 amide bonds. The molecule has 7 nitrogen and oxygen atoms in total. The molecule has 0 radical (unpaired) electrons. The van der Waals surface area contributed by atoms with Gasteiger partial charge in [-0.15, -0.1) is 0 Å². The number of fused-ring (bicyclic) bond motifs is 1. The Hall–Kier alpha value is -3.06. The molecule has 7 heteroatoms. The fourth-order valence-corrected chi connectivity index (χ4v) is 3.75. The van der Waals surface area contributed by atoms with Gasteiger partial charge < -0.3 is 24.0 Å². The maximum atomic E-state index is 13.3. The van der Waals surface area contributed by atoms with Crippen LogP contribution in [0.4, 0.5) is 0 Å². The summed E-state index contributed by atoms with van der Waals surface area (Å²) in [5.74, 6) is 2.69. The van der Waals surface area contributed by atoms with Crippen LogP contribution in [0.1, 0.15) is 30.1 Å². The summed E-state index contributed by atoms with van der Waals surface area (Å²) in [6.07, 6.45) is 2.22. The molecule has 0 bridgehead atoms. The van der Waals surface area contributed by atoms with Crippen LogP contribution in [0.3, 0.4) is 0 Å². The van der Waals surface area contributed by atoms with Gasteiger partial charge in [-0.1, -0.05) is 12.1 Å². The lowest BCUT2D eigenvalue weighted by molar-refractivity contribution is -0.133. The van der Waals surface area contributed by atoms with Crippen molar-refractivity contribution < 1.29 is 19.4 Å². The molecule has 0 atom stereocenters. The molecule has 0 aliphatic heterocycles. The Morgan fingerprint density at radius 1 is 1.20 bits per heavy atom. The van der Waals surface area contributed by atoms with Crippen LogP contribution in [0.15, 0.2) is 42.5 Å². The molecule has 158 valence electrons. The predicted molar refractivity (Wildman–Crippen MR) is 114 cm³/mol. The minimum Gasteiger partial charge on any atom is -0.497 e. The molecule has 1 heterocycles. The van der Waals surface area contributed by atoms with Gasteiger partial charge in [0, 0.05) is 30.6 Å². The number of aliphatic hydroxyl groups is 1. The number of hydrogen-bond donors (Lipinski definition) is 1. The van der Waals surface area contributed by atoms with E-state index >= 15 is 0 Å². The standard InChI is InChI=1S/C23H27N3O4/c1-29-18-10-9-17(21(13-18)30-2)14-25(11-12-27)22(28)15-26-20-6-4-3-5-19(20)24-23(26)16-7-8-16/h3-6,9-10,13,16,27H,7-8,11-12,14-15H2,1-2H3. The smallest absolute Gasteiger partial charge is 0.242 e. The fraction of sp³-hybridized carbons (Fsp3) is 0.391. The normalized spacial score (nSPS) is 13.4. The monoisotopic (exact) mass is 409 g/mol. The number of imidazole rings is 1. The van der Waals surface area contributed by atoms with E-state index in [-0.39, 0.29) is 25.6 Å². The maximum Gasteiger partial charge on any atom is 0.242 e. The highest BCUT2D eigenvalue weighted by atomic mass is 16.5. The zero-order valence-corrected chi connectivity index (χ0v) is 17.4. The SMILES string of the molecule is COc1ccc(CN(CCO)C(=O)Cn2c(C3CC3)nc3ccccc32)c(OC)c1. The Morgan fingerprint density at radius 3 is 2.70 bits per heavy atom. The molecular formula is C23H27N3O4. The number of carbonyl (C=O) groups excluding carboxylic acids is 1. The number of aliphatic hydroxyl groups excluding tert-OH is 1. The Labute approximate surface area is 175 Å². The van der Waals surface area contributed by atoms with E-state index in [4.69, 9.17) is 14.5 Å². The van der Waals surface area contributed by atoms with Crippen molar-refractivity contribution in [3.05, 3.63) is 53.9 Å². The first-order valence-corrected chi connectivity index (χ1v) is 10.2. The van der Waals surface area contributed by atoms with E-state index < -0.39 is 0 Å². The first-order valence-electron chi connectivity index (χ1n) is 10.2. The van der Waals surface area contributed by atoms with E-state index in [0.29, 0.717) is 24.0 Å². The first kappa shape index (κ1) is 20.2. The number of nitrogens with zero attached hydrogens (tertiary/aromatic N) is 3. The number of para-hydroxylation sites is 2. The molecule has 3 aromatic rings. The Kier molecular flexibility index (Phi) is 5.90. The second-order valence-electron chi connectivity index (χ2n) is 7.54. The van der Waals surface area contributed by atoms with Crippen molar-refractivity contribution in [3.8, 4) is 11.5 Å². The van der Waals surface area contributed by atoms with E-state index in [0.717, 1.165) is 35.3 Å². The summed E-state index contributed by atoms with van der Waals surface area (Å²) in [5, 5.41) is 9.56. The van der Waals surface area contributed by atoms with Gasteiger partial charge in [-0.2, -0.15) is 0 Å². The number of hydrogen-bond acceptors (Lipinski definition) is 5. The van der Waals surface area contributed by atoms with Crippen LogP contribution >= 0.6 is 0 Å². The van der Waals surface area contributed by atoms with Crippen molar-refractivity contribution >= 4 is 16.9 Å². The number of rotatable bonds is 9. The molecule has 2 aromatic carbocycles. The minimum atomic E-state index is -0.107. The lowest BCUT2D eigenvalue weighted by Gasteiger charge is -2.24. The molecule has 30 heavy (non-hydrogen) atoms. The molecule has 1 aliphatic carbocycles. The second-order valence-corrected chi connectivity index (χ2v) is 7.54. The van der Waals surface area contributed by atoms with E-state index in [2.05, 4.69) is 0 Å². The van der Waals surface area contributed by atoms with E-state index in [9.17, 15) is 9.90 Å². The molecule has 4 rings (SSSR count). The van der Waals surface area contributed by atoms with Crippen molar-refractivity contribution in [2.75, 3.05) is 27.4 Å². The van der Waals surface area contributed by atoms with Crippen LogP contribution in [0, 0.1) is 0 Å². The van der Waals surface area contributed by atoms with Crippen molar-refractivity contribution in [2.45, 2.75) is 31.8 Å². The third kappa shape index (κ3) is 4.11. The van der Waals surface area contributed by atoms with Gasteiger partial charge in [-0.3, -0.25) is 4.79 Å². The quantitative estimate of drug-likeness (QED) is 0.588. The average molecular weight is 409 g/mol. The number of aromatic nitrogens is 2. The molecule has 1 N–H and O–H groups in total. The molecule has 0 saturated heterocycles. The minimum absolute atomic E-state index is 0.0630. The fourth-order valence-electron chi connectivity index (χ4n) is 3.75. The van der Waals surface area contributed by atoms with Crippen LogP contribution in [0.2, 0.25) is 0 Å². The topological polar surface area (TPSA) is 76.8 Å². The van der Waals surface area contributed by atoms with Crippen molar-refractivity contribution in [1.82, 2.24) is 14.5 Å². The van der Waals surface area contributed by atoms with Gasteiger partial charge >= 0.3 is 0 Å². The molecule has 1 saturated carbocycles. The van der Waals surface area contributed by atoms with E-state index in [1.807, 2.05) is 41.0 Å². The molecule has 1 aliphatic rings. The number of ether oxygens (including phenoxy) is 2. The summed E-state index contributed by atoms with van der Waals surface area (Å²) in [5.41, 5.74) is 2.74. The van der Waals surface area contributed by atoms with Crippen molar-refractivity contribution in [2.24, 2.45) is 0 Å². The van der Waals surface area contributed by atoms with Gasteiger partial charge in [0.05, 0.1) is 31.9 Å². The molecule has 1 fully saturated rings. The van der Waals surface area contributed by atoms with Gasteiger partial charge in [-0.05, 0) is 37.1 Å². The highest BCUT2D eigenvalue weighted by Crippen LogP contribution is 2.40. The summed E-state index contributed by atoms with van der Waals surface area (Å²) >= 11 is 0. The average Bonchev–Trinajstić information content (AvgIpc) is 3.56. The van der Waals surface area contributed by atoms with Gasteiger partial charge in [0.2, 0.25) is 5.91 Å². The van der Waals surface area contributed by atoms with Crippen LogP contribution < -0.4 is 9.47 Å². The second kappa shape index (κ2) is 8.75. The van der Waals surface area contributed by atoms with Crippen LogP contribution in [-0.2, 0) is 17.9 Å². The van der Waals surface area contributed by atoms with Crippen molar-refractivity contribution in [1.29, 1.82) is 0 Å². The van der Waals surface area contributed by atoms with Gasteiger partial charge in [0.1, 0.15) is 23.9 Å². The van der Waals surface area contributed by atoms with Crippen LogP contribution in [0.5, 0.6) is 11.5 Å². The lowest BCUT2D eigenvalue weighted by Crippen LogP contribution is -2.36. The summed E-state index contributed by atoms with van der Waals surface area (Å²) in [4.78, 5) is 19.7. The van der Waals surface area contributed by atoms with E-state index in [1.54, 1.807) is 25.2 Å². The highest BCUT2D eigenvalue weighted by Gasteiger charge is 2.30. The highest BCUT2D eigenvalue weighted by molar-refractivity contribution is 5.81. The summed E-state index contributed by atoms with van der Waals surface area (Å²) in [6, 6.07) is 13.4. The van der Waals surface area contributed by atoms with Crippen LogP contribution in [0.25, 0.3) is 11.0 Å². The summed E-state index contributed by atoms with van der Waals surface area (Å²) in [6.45, 7) is 0.687. The molecular weight excluding hydrogens is 382 g/mol. The summed E-state index contributed by atoms with van der Waals surface area (Å²) in [7, 11) is 3.19. The predicted octanol–water partition coefficient (Wildman–Crippen LogP) is 2.95. The zero-order chi connectivity index (χ0) is 21.1. The van der Waals surface area contributed by atoms with Crippen molar-refractivity contribution in [3.63, 3.8) is 0 Å². The summed E-state index contributed by atoms with van der Waals surface area (Å²) < 4.78 is 12.8. The molecule has 1 aromatic heterocycles. The third-order valence-corrected chi connectivity index (χ3v) is 5.50.